The number of carbonyl (C=O) groups is 1. The number of ether oxygens (including phenoxy) is 3. The molecular formula is C12H20O4. The lowest BCUT2D eigenvalue weighted by atomic mass is 9.62. The van der Waals surface area contributed by atoms with E-state index in [4.69, 9.17) is 14.2 Å². The molecule has 0 radical (unpaired) electrons. The highest BCUT2D eigenvalue weighted by Crippen LogP contribution is 2.54. The van der Waals surface area contributed by atoms with E-state index in [9.17, 15) is 4.79 Å². The third-order valence-electron chi connectivity index (χ3n) is 4.09. The molecule has 0 aromatic heterocycles. The molecular weight excluding hydrogens is 208 g/mol. The minimum atomic E-state index is -0.455. The highest BCUT2D eigenvalue weighted by Gasteiger charge is 2.62. The van der Waals surface area contributed by atoms with Crippen LogP contribution in [0.5, 0.6) is 0 Å². The molecule has 0 amide bonds. The first-order valence-corrected chi connectivity index (χ1v) is 5.75. The second kappa shape index (κ2) is 3.70. The van der Waals surface area contributed by atoms with Gasteiger partial charge in [0, 0.05) is 12.5 Å². The number of fused-ring (bicyclic) bond motifs is 2. The van der Waals surface area contributed by atoms with Gasteiger partial charge < -0.3 is 14.2 Å². The molecule has 0 N–H and O–H groups in total. The van der Waals surface area contributed by atoms with Gasteiger partial charge in [-0.15, -0.1) is 0 Å². The zero-order valence-corrected chi connectivity index (χ0v) is 10.4. The maximum atomic E-state index is 11.9. The highest BCUT2D eigenvalue weighted by atomic mass is 16.7. The molecule has 2 rings (SSSR count). The molecule has 1 heterocycles. The fraction of sp³-hybridized carbons (Fsp3) is 0.917. The molecule has 4 heteroatoms. The van der Waals surface area contributed by atoms with Gasteiger partial charge >= 0.3 is 5.97 Å². The van der Waals surface area contributed by atoms with Gasteiger partial charge in [0.05, 0.1) is 11.5 Å². The Kier molecular flexibility index (Phi) is 2.75. The maximum absolute atomic E-state index is 11.9. The van der Waals surface area contributed by atoms with Gasteiger partial charge in [-0.2, -0.15) is 0 Å². The normalized spacial score (nSPS) is 40.9. The fourth-order valence-electron chi connectivity index (χ4n) is 3.23. The number of rotatable bonds is 3. The number of hydrogen-bond acceptors (Lipinski definition) is 4. The molecule has 4 nitrogen and oxygen atoms in total. The van der Waals surface area contributed by atoms with Crippen molar-refractivity contribution in [1.82, 2.24) is 0 Å². The van der Waals surface area contributed by atoms with Gasteiger partial charge in [0.1, 0.15) is 12.9 Å². The summed E-state index contributed by atoms with van der Waals surface area (Å²) in [5.41, 5.74) is -0.596. The monoisotopic (exact) mass is 228 g/mol. The van der Waals surface area contributed by atoms with Crippen LogP contribution in [0.2, 0.25) is 0 Å². The van der Waals surface area contributed by atoms with Gasteiger partial charge in [-0.05, 0) is 19.8 Å². The van der Waals surface area contributed by atoms with E-state index in [-0.39, 0.29) is 30.2 Å². The van der Waals surface area contributed by atoms with Gasteiger partial charge in [0.15, 0.2) is 0 Å². The van der Waals surface area contributed by atoms with E-state index in [0.717, 1.165) is 12.8 Å². The SMILES string of the molecule is COCO[C@@]1(C)CC[C@@H]2OC(=O)[C@H]1C2(C)C. The summed E-state index contributed by atoms with van der Waals surface area (Å²) in [4.78, 5) is 11.9. The zero-order chi connectivity index (χ0) is 12.0. The van der Waals surface area contributed by atoms with Gasteiger partial charge in [-0.3, -0.25) is 4.79 Å². The minimum Gasteiger partial charge on any atom is -0.461 e. The molecule has 0 aromatic carbocycles. The van der Waals surface area contributed by atoms with Gasteiger partial charge in [0.2, 0.25) is 0 Å². The Balaban J connectivity index is 2.25. The summed E-state index contributed by atoms with van der Waals surface area (Å²) in [5, 5.41) is 0. The zero-order valence-electron chi connectivity index (χ0n) is 10.4. The summed E-state index contributed by atoms with van der Waals surface area (Å²) in [6.07, 6.45) is 1.76. The summed E-state index contributed by atoms with van der Waals surface area (Å²) in [6, 6.07) is 0. The van der Waals surface area contributed by atoms with E-state index in [2.05, 4.69) is 13.8 Å². The van der Waals surface area contributed by atoms with Crippen molar-refractivity contribution < 1.29 is 19.0 Å². The summed E-state index contributed by atoms with van der Waals surface area (Å²) in [7, 11) is 1.59. The summed E-state index contributed by atoms with van der Waals surface area (Å²) in [6.45, 7) is 6.38. The van der Waals surface area contributed by atoms with Crippen LogP contribution in [-0.2, 0) is 19.0 Å². The van der Waals surface area contributed by atoms with Gasteiger partial charge in [-0.25, -0.2) is 0 Å². The van der Waals surface area contributed by atoms with Crippen molar-refractivity contribution in [2.75, 3.05) is 13.9 Å². The first-order valence-electron chi connectivity index (χ1n) is 5.75. The Morgan fingerprint density at radius 2 is 2.12 bits per heavy atom. The molecule has 1 aliphatic carbocycles. The van der Waals surface area contributed by atoms with Crippen LogP contribution in [0, 0.1) is 11.3 Å². The van der Waals surface area contributed by atoms with E-state index in [1.165, 1.54) is 0 Å². The van der Waals surface area contributed by atoms with Crippen LogP contribution < -0.4 is 0 Å². The molecule has 0 spiro atoms. The maximum Gasteiger partial charge on any atom is 0.312 e. The van der Waals surface area contributed by atoms with Crippen molar-refractivity contribution in [1.29, 1.82) is 0 Å². The Morgan fingerprint density at radius 3 is 2.75 bits per heavy atom. The third-order valence-corrected chi connectivity index (χ3v) is 4.09. The molecule has 1 saturated heterocycles. The molecule has 1 aliphatic heterocycles. The first kappa shape index (κ1) is 11.9. The Labute approximate surface area is 96.2 Å². The second-order valence-electron chi connectivity index (χ2n) is 5.58. The van der Waals surface area contributed by atoms with E-state index in [1.807, 2.05) is 6.92 Å². The average Bonchev–Trinajstić information content (AvgIpc) is 2.33. The first-order chi connectivity index (χ1) is 7.42. The molecule has 2 bridgehead atoms. The van der Waals surface area contributed by atoms with Crippen molar-refractivity contribution in [2.24, 2.45) is 11.3 Å². The molecule has 16 heavy (non-hydrogen) atoms. The second-order valence-corrected chi connectivity index (χ2v) is 5.58. The predicted molar refractivity (Wildman–Crippen MR) is 57.8 cm³/mol. The number of hydrogen-bond donors (Lipinski definition) is 0. The van der Waals surface area contributed by atoms with Crippen molar-refractivity contribution >= 4 is 5.97 Å². The van der Waals surface area contributed by atoms with E-state index >= 15 is 0 Å². The van der Waals surface area contributed by atoms with Crippen LogP contribution in [0.4, 0.5) is 0 Å². The van der Waals surface area contributed by atoms with E-state index < -0.39 is 5.60 Å². The molecule has 2 fully saturated rings. The summed E-state index contributed by atoms with van der Waals surface area (Å²) in [5.74, 6) is -0.306. The van der Waals surface area contributed by atoms with Crippen molar-refractivity contribution in [2.45, 2.75) is 45.3 Å². The Morgan fingerprint density at radius 1 is 1.44 bits per heavy atom. The third kappa shape index (κ3) is 1.55. The number of esters is 1. The smallest absolute Gasteiger partial charge is 0.312 e. The summed E-state index contributed by atoms with van der Waals surface area (Å²) < 4.78 is 16.1. The van der Waals surface area contributed by atoms with Gasteiger partial charge in [-0.1, -0.05) is 13.8 Å². The van der Waals surface area contributed by atoms with Gasteiger partial charge in [0.25, 0.3) is 0 Å². The Bertz CT molecular complexity index is 299. The van der Waals surface area contributed by atoms with Crippen LogP contribution in [0.15, 0.2) is 0 Å². The van der Waals surface area contributed by atoms with Crippen molar-refractivity contribution in [3.05, 3.63) is 0 Å². The highest BCUT2D eigenvalue weighted by molar-refractivity contribution is 5.78. The number of methoxy groups -OCH3 is 1. The van der Waals surface area contributed by atoms with Crippen LogP contribution in [0.1, 0.15) is 33.6 Å². The van der Waals surface area contributed by atoms with E-state index in [1.54, 1.807) is 7.11 Å². The van der Waals surface area contributed by atoms with Crippen LogP contribution in [0.25, 0.3) is 0 Å². The van der Waals surface area contributed by atoms with Crippen LogP contribution in [-0.4, -0.2) is 31.6 Å². The fourth-order valence-corrected chi connectivity index (χ4v) is 3.23. The largest absolute Gasteiger partial charge is 0.461 e. The summed E-state index contributed by atoms with van der Waals surface area (Å²) >= 11 is 0. The van der Waals surface area contributed by atoms with Crippen LogP contribution >= 0.6 is 0 Å². The van der Waals surface area contributed by atoms with Crippen molar-refractivity contribution in [3.8, 4) is 0 Å². The predicted octanol–water partition coefficient (Wildman–Crippen LogP) is 1.73. The van der Waals surface area contributed by atoms with Crippen molar-refractivity contribution in [3.63, 3.8) is 0 Å². The standard InChI is InChI=1S/C12H20O4/c1-11(2)8-5-6-12(3,15-7-14-4)9(11)10(13)16-8/h8-9H,5-7H2,1-4H3/t8-,9-,12-/m0/s1. The molecule has 92 valence electrons. The topological polar surface area (TPSA) is 44.8 Å². The van der Waals surface area contributed by atoms with Crippen LogP contribution in [0.3, 0.4) is 0 Å². The quantitative estimate of drug-likeness (QED) is 0.545. The lowest BCUT2D eigenvalue weighted by molar-refractivity contribution is -0.180. The molecule has 2 aliphatic rings. The molecule has 0 unspecified atom stereocenters. The number of carbonyl (C=O) groups excluding carboxylic acids is 1. The molecule has 3 atom stereocenters. The lowest BCUT2D eigenvalue weighted by Gasteiger charge is -2.44. The lowest BCUT2D eigenvalue weighted by Crippen LogP contribution is -2.52. The molecule has 0 aromatic rings. The minimum absolute atomic E-state index is 0.0456. The molecule has 1 saturated carbocycles. The van der Waals surface area contributed by atoms with E-state index in [0.29, 0.717) is 0 Å². The average molecular weight is 228 g/mol. The Hall–Kier alpha value is -0.610.